The maximum absolute atomic E-state index is 11.9. The van der Waals surface area contributed by atoms with E-state index in [1.54, 1.807) is 0 Å². The lowest BCUT2D eigenvalue weighted by Crippen LogP contribution is -2.15. The average molecular weight is 312 g/mol. The van der Waals surface area contributed by atoms with Gasteiger partial charge in [-0.3, -0.25) is 4.79 Å². The number of para-hydroxylation sites is 2. The molecule has 0 aliphatic carbocycles. The molecule has 0 radical (unpaired) electrons. The van der Waals surface area contributed by atoms with Gasteiger partial charge in [0.05, 0.1) is 23.2 Å². The van der Waals surface area contributed by atoms with Crippen LogP contribution < -0.4 is 10.1 Å². The molecule has 112 valence electrons. The summed E-state index contributed by atoms with van der Waals surface area (Å²) in [4.78, 5) is 16.4. The highest BCUT2D eigenvalue weighted by atomic mass is 32.1. The molecule has 22 heavy (non-hydrogen) atoms. The summed E-state index contributed by atoms with van der Waals surface area (Å²) in [6.07, 6.45) is 0.295. The standard InChI is InChI=1S/C17H16N2O2S/c1-12-6-5-9-14-16(12)19-17(22-14)18-15(20)10-11-21-13-7-3-2-4-8-13/h2-9H,10-11H2,1H3,(H,18,19,20). The van der Waals surface area contributed by atoms with Crippen molar-refractivity contribution in [2.45, 2.75) is 13.3 Å². The van der Waals surface area contributed by atoms with Crippen molar-refractivity contribution in [3.63, 3.8) is 0 Å². The number of carbonyl (C=O) groups is 1. The Labute approximate surface area is 132 Å². The Morgan fingerprint density at radius 1 is 1.18 bits per heavy atom. The summed E-state index contributed by atoms with van der Waals surface area (Å²) < 4.78 is 6.59. The first-order valence-corrected chi connectivity index (χ1v) is 7.88. The fourth-order valence-electron chi connectivity index (χ4n) is 2.10. The van der Waals surface area contributed by atoms with Crippen molar-refractivity contribution in [3.8, 4) is 5.75 Å². The third-order valence-electron chi connectivity index (χ3n) is 3.21. The van der Waals surface area contributed by atoms with E-state index >= 15 is 0 Å². The number of thiazole rings is 1. The molecular formula is C17H16N2O2S. The van der Waals surface area contributed by atoms with Crippen LogP contribution in [0.4, 0.5) is 5.13 Å². The Morgan fingerprint density at radius 2 is 2.00 bits per heavy atom. The molecule has 1 aromatic heterocycles. The fraction of sp³-hybridized carbons (Fsp3) is 0.176. The minimum Gasteiger partial charge on any atom is -0.493 e. The number of aryl methyl sites for hydroxylation is 1. The first-order chi connectivity index (χ1) is 10.7. The van der Waals surface area contributed by atoms with Crippen LogP contribution in [-0.2, 0) is 4.79 Å². The third-order valence-corrected chi connectivity index (χ3v) is 4.14. The Bertz CT molecular complexity index is 784. The molecule has 0 saturated heterocycles. The molecule has 2 aromatic carbocycles. The van der Waals surface area contributed by atoms with E-state index in [4.69, 9.17) is 4.74 Å². The van der Waals surface area contributed by atoms with Gasteiger partial charge in [-0.25, -0.2) is 4.98 Å². The number of hydrogen-bond acceptors (Lipinski definition) is 4. The number of amides is 1. The predicted molar refractivity (Wildman–Crippen MR) is 89.5 cm³/mol. The van der Waals surface area contributed by atoms with E-state index in [2.05, 4.69) is 10.3 Å². The highest BCUT2D eigenvalue weighted by Gasteiger charge is 2.09. The molecule has 1 heterocycles. The maximum Gasteiger partial charge on any atom is 0.229 e. The van der Waals surface area contributed by atoms with E-state index < -0.39 is 0 Å². The zero-order chi connectivity index (χ0) is 15.4. The van der Waals surface area contributed by atoms with Crippen LogP contribution in [0.15, 0.2) is 48.5 Å². The molecule has 3 aromatic rings. The molecule has 3 rings (SSSR count). The molecular weight excluding hydrogens is 296 g/mol. The molecule has 4 nitrogen and oxygen atoms in total. The Balaban J connectivity index is 1.55. The van der Waals surface area contributed by atoms with Gasteiger partial charge in [0.1, 0.15) is 5.75 Å². The minimum atomic E-state index is -0.0901. The lowest BCUT2D eigenvalue weighted by atomic mass is 10.2. The summed E-state index contributed by atoms with van der Waals surface area (Å²) >= 11 is 1.49. The van der Waals surface area contributed by atoms with Crippen molar-refractivity contribution < 1.29 is 9.53 Å². The SMILES string of the molecule is Cc1cccc2sc(NC(=O)CCOc3ccccc3)nc12. The van der Waals surface area contributed by atoms with E-state index in [1.165, 1.54) is 11.3 Å². The molecule has 1 N–H and O–H groups in total. The van der Waals surface area contributed by atoms with E-state index in [0.29, 0.717) is 18.2 Å². The average Bonchev–Trinajstić information content (AvgIpc) is 2.92. The summed E-state index contributed by atoms with van der Waals surface area (Å²) in [6, 6.07) is 15.5. The highest BCUT2D eigenvalue weighted by Crippen LogP contribution is 2.27. The number of hydrogen-bond donors (Lipinski definition) is 1. The summed E-state index contributed by atoms with van der Waals surface area (Å²) in [7, 11) is 0. The van der Waals surface area contributed by atoms with Gasteiger partial charge in [-0.15, -0.1) is 0 Å². The second-order valence-electron chi connectivity index (χ2n) is 4.90. The van der Waals surface area contributed by atoms with Crippen molar-refractivity contribution in [1.82, 2.24) is 4.98 Å². The van der Waals surface area contributed by atoms with Crippen LogP contribution in [0.3, 0.4) is 0 Å². The first-order valence-electron chi connectivity index (χ1n) is 7.06. The van der Waals surface area contributed by atoms with Gasteiger partial charge >= 0.3 is 0 Å². The maximum atomic E-state index is 11.9. The molecule has 1 amide bonds. The molecule has 0 spiro atoms. The van der Waals surface area contributed by atoms with Gasteiger partial charge in [0.2, 0.25) is 5.91 Å². The largest absolute Gasteiger partial charge is 0.493 e. The molecule has 0 fully saturated rings. The number of fused-ring (bicyclic) bond motifs is 1. The number of benzene rings is 2. The molecule has 0 aliphatic rings. The van der Waals surface area contributed by atoms with Crippen LogP contribution in [0, 0.1) is 6.92 Å². The normalized spacial score (nSPS) is 10.6. The second kappa shape index (κ2) is 6.58. The zero-order valence-corrected chi connectivity index (χ0v) is 13.0. The van der Waals surface area contributed by atoms with Crippen molar-refractivity contribution >= 4 is 32.6 Å². The van der Waals surface area contributed by atoms with E-state index in [1.807, 2.05) is 55.5 Å². The Hall–Kier alpha value is -2.40. The monoisotopic (exact) mass is 312 g/mol. The van der Waals surface area contributed by atoms with E-state index in [-0.39, 0.29) is 5.91 Å². The number of aromatic nitrogens is 1. The lowest BCUT2D eigenvalue weighted by molar-refractivity contribution is -0.116. The smallest absolute Gasteiger partial charge is 0.229 e. The van der Waals surface area contributed by atoms with E-state index in [9.17, 15) is 4.79 Å². The molecule has 5 heteroatoms. The molecule has 0 saturated carbocycles. The van der Waals surface area contributed by atoms with Crippen LogP contribution in [0.5, 0.6) is 5.75 Å². The van der Waals surface area contributed by atoms with Gasteiger partial charge in [0, 0.05) is 0 Å². The number of carbonyl (C=O) groups excluding carboxylic acids is 1. The van der Waals surface area contributed by atoms with Gasteiger partial charge in [0.15, 0.2) is 5.13 Å². The van der Waals surface area contributed by atoms with Crippen LogP contribution in [0.1, 0.15) is 12.0 Å². The molecule has 0 bridgehead atoms. The predicted octanol–water partition coefficient (Wildman–Crippen LogP) is 4.01. The van der Waals surface area contributed by atoms with Crippen LogP contribution in [-0.4, -0.2) is 17.5 Å². The lowest BCUT2D eigenvalue weighted by Gasteiger charge is -2.05. The summed E-state index contributed by atoms with van der Waals surface area (Å²) in [5.74, 6) is 0.679. The van der Waals surface area contributed by atoms with Crippen molar-refractivity contribution in [2.75, 3.05) is 11.9 Å². The van der Waals surface area contributed by atoms with Crippen LogP contribution in [0.25, 0.3) is 10.2 Å². The summed E-state index contributed by atoms with van der Waals surface area (Å²) in [5.41, 5.74) is 2.06. The van der Waals surface area contributed by atoms with E-state index in [0.717, 1.165) is 21.5 Å². The quantitative estimate of drug-likeness (QED) is 0.774. The molecule has 0 aliphatic heterocycles. The summed E-state index contributed by atoms with van der Waals surface area (Å²) in [6.45, 7) is 2.36. The topological polar surface area (TPSA) is 51.2 Å². The number of nitrogens with zero attached hydrogens (tertiary/aromatic N) is 1. The number of nitrogens with one attached hydrogen (secondary N) is 1. The van der Waals surface area contributed by atoms with Crippen molar-refractivity contribution in [2.24, 2.45) is 0 Å². The van der Waals surface area contributed by atoms with Crippen LogP contribution in [0.2, 0.25) is 0 Å². The minimum absolute atomic E-state index is 0.0901. The molecule has 0 unspecified atom stereocenters. The fourth-order valence-corrected chi connectivity index (χ4v) is 3.06. The van der Waals surface area contributed by atoms with Gasteiger partial charge < -0.3 is 10.1 Å². The second-order valence-corrected chi connectivity index (χ2v) is 5.93. The van der Waals surface area contributed by atoms with Gasteiger partial charge in [-0.2, -0.15) is 0 Å². The van der Waals surface area contributed by atoms with Gasteiger partial charge in [0.25, 0.3) is 0 Å². The Kier molecular flexibility index (Phi) is 4.34. The van der Waals surface area contributed by atoms with Crippen molar-refractivity contribution in [3.05, 3.63) is 54.1 Å². The number of rotatable bonds is 5. The Morgan fingerprint density at radius 3 is 2.77 bits per heavy atom. The number of ether oxygens (including phenoxy) is 1. The third kappa shape index (κ3) is 3.43. The van der Waals surface area contributed by atoms with Crippen molar-refractivity contribution in [1.29, 1.82) is 0 Å². The molecule has 0 atom stereocenters. The zero-order valence-electron chi connectivity index (χ0n) is 12.2. The first kappa shape index (κ1) is 14.5. The van der Waals surface area contributed by atoms with Gasteiger partial charge in [-0.05, 0) is 30.7 Å². The highest BCUT2D eigenvalue weighted by molar-refractivity contribution is 7.22. The van der Waals surface area contributed by atoms with Crippen LogP contribution >= 0.6 is 11.3 Å². The van der Waals surface area contributed by atoms with Gasteiger partial charge in [-0.1, -0.05) is 41.7 Å². The summed E-state index contributed by atoms with van der Waals surface area (Å²) in [5, 5.41) is 3.47. The number of anilines is 1.